The predicted octanol–water partition coefficient (Wildman–Crippen LogP) is 3.03. The third-order valence-corrected chi connectivity index (χ3v) is 5.84. The molecule has 0 fully saturated rings. The van der Waals surface area contributed by atoms with Crippen molar-refractivity contribution in [1.29, 1.82) is 0 Å². The zero-order valence-electron chi connectivity index (χ0n) is 9.59. The summed E-state index contributed by atoms with van der Waals surface area (Å²) in [5.41, 5.74) is 5.78. The van der Waals surface area contributed by atoms with E-state index in [9.17, 15) is 0 Å². The van der Waals surface area contributed by atoms with Crippen LogP contribution in [0.5, 0.6) is 0 Å². The van der Waals surface area contributed by atoms with Crippen molar-refractivity contribution in [2.24, 2.45) is 5.73 Å². The SMILES string of the molecule is NCC(NCCCCCO)c1cc(Br)c(Br)s1. The van der Waals surface area contributed by atoms with E-state index in [0.717, 1.165) is 34.1 Å². The van der Waals surface area contributed by atoms with Crippen LogP contribution in [-0.2, 0) is 0 Å². The summed E-state index contributed by atoms with van der Waals surface area (Å²) < 4.78 is 2.19. The Balaban J connectivity index is 2.38. The molecular weight excluding hydrogens is 368 g/mol. The quantitative estimate of drug-likeness (QED) is 0.603. The number of hydrogen-bond acceptors (Lipinski definition) is 4. The van der Waals surface area contributed by atoms with Gasteiger partial charge in [0.1, 0.15) is 0 Å². The number of rotatable bonds is 8. The number of aliphatic hydroxyl groups excluding tert-OH is 1. The van der Waals surface area contributed by atoms with Gasteiger partial charge in [-0.2, -0.15) is 0 Å². The molecule has 0 aliphatic rings. The van der Waals surface area contributed by atoms with Crippen molar-refractivity contribution >= 4 is 43.2 Å². The molecule has 0 aliphatic heterocycles. The first kappa shape index (κ1) is 15.6. The number of nitrogens with two attached hydrogens (primary N) is 1. The summed E-state index contributed by atoms with van der Waals surface area (Å²) in [6, 6.07) is 2.32. The minimum Gasteiger partial charge on any atom is -0.396 e. The first-order valence-electron chi connectivity index (χ1n) is 5.68. The number of nitrogens with one attached hydrogen (secondary N) is 1. The fourth-order valence-electron chi connectivity index (χ4n) is 1.52. The van der Waals surface area contributed by atoms with Crippen LogP contribution in [-0.4, -0.2) is 24.8 Å². The molecule has 0 bridgehead atoms. The highest BCUT2D eigenvalue weighted by Crippen LogP contribution is 2.35. The lowest BCUT2D eigenvalue weighted by atomic mass is 10.2. The van der Waals surface area contributed by atoms with E-state index < -0.39 is 0 Å². The van der Waals surface area contributed by atoms with Gasteiger partial charge in [-0.15, -0.1) is 11.3 Å². The summed E-state index contributed by atoms with van der Waals surface area (Å²) in [7, 11) is 0. The van der Waals surface area contributed by atoms with Gasteiger partial charge in [-0.05, 0) is 63.7 Å². The third-order valence-electron chi connectivity index (χ3n) is 2.47. The van der Waals surface area contributed by atoms with Crippen molar-refractivity contribution < 1.29 is 5.11 Å². The number of thiophene rings is 1. The van der Waals surface area contributed by atoms with Crippen molar-refractivity contribution in [2.45, 2.75) is 25.3 Å². The summed E-state index contributed by atoms with van der Waals surface area (Å²) in [6.45, 7) is 1.82. The summed E-state index contributed by atoms with van der Waals surface area (Å²) in [6.07, 6.45) is 3.01. The minimum absolute atomic E-state index is 0.219. The van der Waals surface area contributed by atoms with Crippen LogP contribution in [0.4, 0.5) is 0 Å². The second-order valence-electron chi connectivity index (χ2n) is 3.80. The number of aliphatic hydroxyl groups is 1. The van der Waals surface area contributed by atoms with Gasteiger partial charge < -0.3 is 16.2 Å². The molecule has 0 spiro atoms. The van der Waals surface area contributed by atoms with Crippen LogP contribution in [0.25, 0.3) is 0 Å². The lowest BCUT2D eigenvalue weighted by Gasteiger charge is -2.14. The molecule has 1 rings (SSSR count). The first-order valence-corrected chi connectivity index (χ1v) is 8.08. The maximum atomic E-state index is 8.68. The fraction of sp³-hybridized carbons (Fsp3) is 0.636. The highest BCUT2D eigenvalue weighted by Gasteiger charge is 2.13. The van der Waals surface area contributed by atoms with E-state index in [1.54, 1.807) is 11.3 Å². The van der Waals surface area contributed by atoms with Crippen molar-refractivity contribution in [1.82, 2.24) is 5.32 Å². The molecule has 0 aliphatic carbocycles. The Morgan fingerprint density at radius 2 is 2.12 bits per heavy atom. The largest absolute Gasteiger partial charge is 0.396 e. The molecule has 3 nitrogen and oxygen atoms in total. The molecular formula is C11H18Br2N2OS. The number of hydrogen-bond donors (Lipinski definition) is 3. The summed E-state index contributed by atoms with van der Waals surface area (Å²) in [4.78, 5) is 1.24. The van der Waals surface area contributed by atoms with E-state index in [4.69, 9.17) is 10.8 Å². The zero-order chi connectivity index (χ0) is 12.7. The molecule has 0 radical (unpaired) electrons. The Morgan fingerprint density at radius 3 is 2.65 bits per heavy atom. The predicted molar refractivity (Wildman–Crippen MR) is 80.5 cm³/mol. The van der Waals surface area contributed by atoms with Gasteiger partial charge in [-0.25, -0.2) is 0 Å². The van der Waals surface area contributed by atoms with Gasteiger partial charge in [0.05, 0.1) is 9.83 Å². The van der Waals surface area contributed by atoms with Crippen LogP contribution in [0.2, 0.25) is 0 Å². The number of unbranched alkanes of at least 4 members (excludes halogenated alkanes) is 2. The monoisotopic (exact) mass is 384 g/mol. The van der Waals surface area contributed by atoms with Crippen LogP contribution in [0.1, 0.15) is 30.2 Å². The maximum absolute atomic E-state index is 8.68. The zero-order valence-corrected chi connectivity index (χ0v) is 13.6. The van der Waals surface area contributed by atoms with Crippen molar-refractivity contribution in [3.63, 3.8) is 0 Å². The van der Waals surface area contributed by atoms with Gasteiger partial charge in [0.25, 0.3) is 0 Å². The molecule has 1 heterocycles. The molecule has 1 aromatic heterocycles. The van der Waals surface area contributed by atoms with Gasteiger partial charge in [0.15, 0.2) is 0 Å². The number of halogens is 2. The van der Waals surface area contributed by atoms with E-state index in [0.29, 0.717) is 6.54 Å². The lowest BCUT2D eigenvalue weighted by molar-refractivity contribution is 0.282. The molecule has 1 unspecified atom stereocenters. The molecule has 1 aromatic rings. The average Bonchev–Trinajstić information content (AvgIpc) is 2.64. The van der Waals surface area contributed by atoms with Crippen LogP contribution in [0, 0.1) is 0 Å². The van der Waals surface area contributed by atoms with Crippen LogP contribution in [0.15, 0.2) is 14.3 Å². The molecule has 1 atom stereocenters. The topological polar surface area (TPSA) is 58.3 Å². The van der Waals surface area contributed by atoms with Gasteiger partial charge in [0, 0.05) is 22.5 Å². The second kappa shape index (κ2) is 8.61. The molecule has 98 valence electrons. The Kier molecular flexibility index (Phi) is 7.90. The molecule has 0 saturated heterocycles. The molecule has 0 aromatic carbocycles. The Hall–Kier alpha value is 0.540. The van der Waals surface area contributed by atoms with E-state index >= 15 is 0 Å². The lowest BCUT2D eigenvalue weighted by Crippen LogP contribution is -2.28. The van der Waals surface area contributed by atoms with Crippen molar-refractivity contribution in [2.75, 3.05) is 19.7 Å². The Morgan fingerprint density at radius 1 is 1.35 bits per heavy atom. The minimum atomic E-state index is 0.219. The smallest absolute Gasteiger partial charge is 0.0843 e. The van der Waals surface area contributed by atoms with Gasteiger partial charge in [-0.3, -0.25) is 0 Å². The average molecular weight is 386 g/mol. The van der Waals surface area contributed by atoms with Crippen LogP contribution >= 0.6 is 43.2 Å². The third kappa shape index (κ3) is 5.36. The second-order valence-corrected chi connectivity index (χ2v) is 7.05. The van der Waals surface area contributed by atoms with E-state index in [1.165, 1.54) is 4.88 Å². The normalized spacial score (nSPS) is 12.9. The molecule has 17 heavy (non-hydrogen) atoms. The molecule has 0 amide bonds. The van der Waals surface area contributed by atoms with Crippen LogP contribution < -0.4 is 11.1 Å². The van der Waals surface area contributed by atoms with Crippen molar-refractivity contribution in [3.05, 3.63) is 19.2 Å². The van der Waals surface area contributed by atoms with Crippen LogP contribution in [0.3, 0.4) is 0 Å². The van der Waals surface area contributed by atoms with E-state index in [2.05, 4.69) is 43.2 Å². The van der Waals surface area contributed by atoms with E-state index in [-0.39, 0.29) is 12.6 Å². The summed E-state index contributed by atoms with van der Waals surface area (Å²) >= 11 is 8.68. The maximum Gasteiger partial charge on any atom is 0.0843 e. The van der Waals surface area contributed by atoms with Gasteiger partial charge in [-0.1, -0.05) is 0 Å². The molecule has 0 saturated carbocycles. The van der Waals surface area contributed by atoms with Gasteiger partial charge >= 0.3 is 0 Å². The molecule has 6 heteroatoms. The van der Waals surface area contributed by atoms with E-state index in [1.807, 2.05) is 0 Å². The van der Waals surface area contributed by atoms with Gasteiger partial charge in [0.2, 0.25) is 0 Å². The fourth-order valence-corrected chi connectivity index (χ4v) is 3.70. The summed E-state index contributed by atoms with van der Waals surface area (Å²) in [5.74, 6) is 0. The Bertz CT molecular complexity index is 314. The standard InChI is InChI=1S/C11H18Br2N2OS/c12-8-6-10(17-11(8)13)9(7-14)15-4-2-1-3-5-16/h6,9,15-16H,1-5,7,14H2. The molecule has 4 N–H and O–H groups in total. The summed E-state index contributed by atoms with van der Waals surface area (Å²) in [5, 5.41) is 12.1. The Labute approximate surface area is 123 Å². The first-order chi connectivity index (χ1) is 8.19. The highest BCUT2D eigenvalue weighted by molar-refractivity contribution is 9.13. The highest BCUT2D eigenvalue weighted by atomic mass is 79.9. The van der Waals surface area contributed by atoms with Crippen molar-refractivity contribution in [3.8, 4) is 0 Å².